The Morgan fingerprint density at radius 2 is 1.93 bits per heavy atom. The first kappa shape index (κ1) is 15.7. The molecule has 0 radical (unpaired) electrons. The zero-order valence-electron chi connectivity index (χ0n) is 9.00. The maximum Gasteiger partial charge on any atom is 0.330 e. The second kappa shape index (κ2) is 7.60. The third-order valence-corrected chi connectivity index (χ3v) is 2.34. The molecule has 0 unspecified atom stereocenters. The summed E-state index contributed by atoms with van der Waals surface area (Å²) in [5.41, 5.74) is 0.454. The summed E-state index contributed by atoms with van der Waals surface area (Å²) >= 11 is 0. The number of carboxylic acids is 1. The molecule has 0 aliphatic heterocycles. The van der Waals surface area contributed by atoms with E-state index in [1.165, 1.54) is 0 Å². The van der Waals surface area contributed by atoms with Gasteiger partial charge in [0.05, 0.1) is 0 Å². The number of hydrogen-bond donors (Lipinski definition) is 1. The van der Waals surface area contributed by atoms with Crippen LogP contribution in [0.1, 0.15) is 48.0 Å². The molecule has 0 aromatic rings. The maximum absolute atomic E-state index is 10.5. The van der Waals surface area contributed by atoms with Crippen molar-refractivity contribution in [1.29, 1.82) is 0 Å². The minimum atomic E-state index is -0.809. The number of allylic oxidation sites excluding steroid dienone is 1. The van der Waals surface area contributed by atoms with Gasteiger partial charge in [0, 0.05) is 5.57 Å². The Morgan fingerprint density at radius 3 is 2.29 bits per heavy atom. The minimum Gasteiger partial charge on any atom is -0.478 e. The zero-order chi connectivity index (χ0) is 10.4. The van der Waals surface area contributed by atoms with Crippen LogP contribution >= 0.6 is 0 Å². The first-order chi connectivity index (χ1) is 5.97. The SMILES string of the molecule is C.CC[C@H](C)C[C@H](C)/C=C(\C)C(=O)O. The van der Waals surface area contributed by atoms with Crippen LogP contribution in [-0.4, -0.2) is 11.1 Å². The molecule has 0 rings (SSSR count). The van der Waals surface area contributed by atoms with Crippen LogP contribution in [0.5, 0.6) is 0 Å². The molecular weight excluding hydrogens is 176 g/mol. The topological polar surface area (TPSA) is 37.3 Å². The van der Waals surface area contributed by atoms with Crippen molar-refractivity contribution in [1.82, 2.24) is 0 Å². The van der Waals surface area contributed by atoms with Gasteiger partial charge in [0.2, 0.25) is 0 Å². The molecular formula is C12H24O2. The van der Waals surface area contributed by atoms with Crippen LogP contribution in [0.3, 0.4) is 0 Å². The Labute approximate surface area is 88.0 Å². The number of carbonyl (C=O) groups is 1. The van der Waals surface area contributed by atoms with Crippen LogP contribution in [0.4, 0.5) is 0 Å². The molecule has 0 saturated heterocycles. The minimum absolute atomic E-state index is 0. The molecule has 14 heavy (non-hydrogen) atoms. The third kappa shape index (κ3) is 6.70. The summed E-state index contributed by atoms with van der Waals surface area (Å²) < 4.78 is 0. The Morgan fingerprint density at radius 1 is 1.43 bits per heavy atom. The van der Waals surface area contributed by atoms with Gasteiger partial charge in [-0.1, -0.05) is 40.7 Å². The van der Waals surface area contributed by atoms with Gasteiger partial charge in [-0.15, -0.1) is 0 Å². The molecule has 0 heterocycles. The van der Waals surface area contributed by atoms with Gasteiger partial charge in [-0.3, -0.25) is 0 Å². The summed E-state index contributed by atoms with van der Waals surface area (Å²) in [6.07, 6.45) is 4.07. The van der Waals surface area contributed by atoms with E-state index < -0.39 is 5.97 Å². The summed E-state index contributed by atoms with van der Waals surface area (Å²) in [6.45, 7) is 8.07. The van der Waals surface area contributed by atoms with Gasteiger partial charge in [-0.2, -0.15) is 0 Å². The van der Waals surface area contributed by atoms with E-state index in [4.69, 9.17) is 5.11 Å². The van der Waals surface area contributed by atoms with Crippen LogP contribution in [0, 0.1) is 11.8 Å². The summed E-state index contributed by atoms with van der Waals surface area (Å²) in [6, 6.07) is 0. The van der Waals surface area contributed by atoms with E-state index in [0.717, 1.165) is 12.8 Å². The first-order valence-electron chi connectivity index (χ1n) is 4.89. The molecule has 84 valence electrons. The van der Waals surface area contributed by atoms with Crippen LogP contribution in [-0.2, 0) is 4.79 Å². The van der Waals surface area contributed by atoms with E-state index in [-0.39, 0.29) is 7.43 Å². The summed E-state index contributed by atoms with van der Waals surface area (Å²) in [4.78, 5) is 10.5. The predicted molar refractivity (Wildman–Crippen MR) is 61.4 cm³/mol. The quantitative estimate of drug-likeness (QED) is 0.687. The Balaban J connectivity index is 0. The lowest BCUT2D eigenvalue weighted by Gasteiger charge is -2.12. The average Bonchev–Trinajstić information content (AvgIpc) is 2.03. The Hall–Kier alpha value is -0.790. The molecule has 0 spiro atoms. The molecule has 0 fully saturated rings. The number of rotatable bonds is 5. The standard InChI is InChI=1S/C11H20O2.CH4/c1-5-8(2)6-9(3)7-10(4)11(12)13;/h7-9H,5-6H2,1-4H3,(H,12,13);1H4/b10-7+;/t8-,9-;/m0./s1. The molecule has 0 aromatic carbocycles. The average molecular weight is 200 g/mol. The predicted octanol–water partition coefficient (Wildman–Crippen LogP) is 3.73. The molecule has 0 saturated carbocycles. The van der Waals surface area contributed by atoms with E-state index in [1.807, 2.05) is 6.08 Å². The number of aliphatic carboxylic acids is 1. The Bertz CT molecular complexity index is 194. The van der Waals surface area contributed by atoms with Crippen LogP contribution in [0.2, 0.25) is 0 Å². The van der Waals surface area contributed by atoms with Crippen molar-refractivity contribution in [3.8, 4) is 0 Å². The molecule has 2 atom stereocenters. The van der Waals surface area contributed by atoms with Crippen LogP contribution in [0.15, 0.2) is 11.6 Å². The lowest BCUT2D eigenvalue weighted by atomic mass is 9.94. The van der Waals surface area contributed by atoms with Crippen LogP contribution in [0.25, 0.3) is 0 Å². The van der Waals surface area contributed by atoms with Gasteiger partial charge in [-0.25, -0.2) is 4.79 Å². The lowest BCUT2D eigenvalue weighted by molar-refractivity contribution is -0.132. The van der Waals surface area contributed by atoms with Gasteiger partial charge < -0.3 is 5.11 Å². The van der Waals surface area contributed by atoms with Crippen molar-refractivity contribution in [3.63, 3.8) is 0 Å². The molecule has 0 amide bonds. The molecule has 0 aromatic heterocycles. The van der Waals surface area contributed by atoms with Crippen molar-refractivity contribution in [2.75, 3.05) is 0 Å². The summed E-state index contributed by atoms with van der Waals surface area (Å²) in [5.74, 6) is 0.231. The maximum atomic E-state index is 10.5. The van der Waals surface area contributed by atoms with Crippen LogP contribution < -0.4 is 0 Å². The second-order valence-corrected chi connectivity index (χ2v) is 3.88. The van der Waals surface area contributed by atoms with Gasteiger partial charge in [0.1, 0.15) is 0 Å². The van der Waals surface area contributed by atoms with Gasteiger partial charge in [-0.05, 0) is 25.2 Å². The highest BCUT2D eigenvalue weighted by atomic mass is 16.4. The molecule has 2 heteroatoms. The largest absolute Gasteiger partial charge is 0.478 e. The fraction of sp³-hybridized carbons (Fsp3) is 0.750. The van der Waals surface area contributed by atoms with E-state index in [1.54, 1.807) is 6.92 Å². The smallest absolute Gasteiger partial charge is 0.330 e. The first-order valence-corrected chi connectivity index (χ1v) is 4.89. The number of carboxylic acid groups (broad SMARTS) is 1. The van der Waals surface area contributed by atoms with E-state index in [2.05, 4.69) is 20.8 Å². The van der Waals surface area contributed by atoms with E-state index >= 15 is 0 Å². The van der Waals surface area contributed by atoms with Gasteiger partial charge >= 0.3 is 5.97 Å². The second-order valence-electron chi connectivity index (χ2n) is 3.88. The normalized spacial score (nSPS) is 15.6. The third-order valence-electron chi connectivity index (χ3n) is 2.34. The van der Waals surface area contributed by atoms with Crippen molar-refractivity contribution in [2.24, 2.45) is 11.8 Å². The highest BCUT2D eigenvalue weighted by Gasteiger charge is 2.07. The molecule has 1 N–H and O–H groups in total. The van der Waals surface area contributed by atoms with Crippen molar-refractivity contribution >= 4 is 5.97 Å². The monoisotopic (exact) mass is 200 g/mol. The van der Waals surface area contributed by atoms with Gasteiger partial charge in [0.15, 0.2) is 0 Å². The molecule has 2 nitrogen and oxygen atoms in total. The molecule has 0 aliphatic carbocycles. The zero-order valence-corrected chi connectivity index (χ0v) is 9.00. The fourth-order valence-corrected chi connectivity index (χ4v) is 1.37. The van der Waals surface area contributed by atoms with E-state index in [0.29, 0.717) is 17.4 Å². The Kier molecular flexibility index (Phi) is 8.51. The fourth-order valence-electron chi connectivity index (χ4n) is 1.37. The van der Waals surface area contributed by atoms with Crippen molar-refractivity contribution in [2.45, 2.75) is 48.0 Å². The van der Waals surface area contributed by atoms with E-state index in [9.17, 15) is 4.79 Å². The summed E-state index contributed by atoms with van der Waals surface area (Å²) in [7, 11) is 0. The number of hydrogen-bond acceptors (Lipinski definition) is 1. The highest BCUT2D eigenvalue weighted by Crippen LogP contribution is 2.16. The molecule has 0 aliphatic rings. The lowest BCUT2D eigenvalue weighted by Crippen LogP contribution is -2.03. The van der Waals surface area contributed by atoms with Crippen molar-refractivity contribution < 1.29 is 9.90 Å². The van der Waals surface area contributed by atoms with Crippen molar-refractivity contribution in [3.05, 3.63) is 11.6 Å². The van der Waals surface area contributed by atoms with Gasteiger partial charge in [0.25, 0.3) is 0 Å². The molecule has 0 bridgehead atoms. The summed E-state index contributed by atoms with van der Waals surface area (Å²) in [5, 5.41) is 8.65. The highest BCUT2D eigenvalue weighted by molar-refractivity contribution is 5.85.